The molecular formula is C30H38ClFN8O. The van der Waals surface area contributed by atoms with Gasteiger partial charge in [0.05, 0.1) is 16.4 Å². The van der Waals surface area contributed by atoms with Gasteiger partial charge in [0.25, 0.3) is 0 Å². The van der Waals surface area contributed by atoms with Crippen LogP contribution in [0.5, 0.6) is 0 Å². The molecule has 3 atom stereocenters. The molecule has 0 unspecified atom stereocenters. The molecule has 0 fully saturated rings. The number of rotatable bonds is 12. The normalized spacial score (nSPS) is 13.7. The van der Waals surface area contributed by atoms with Crippen LogP contribution in [0.3, 0.4) is 0 Å². The van der Waals surface area contributed by atoms with Gasteiger partial charge in [-0.1, -0.05) is 23.7 Å². The van der Waals surface area contributed by atoms with E-state index in [1.54, 1.807) is 24.4 Å². The van der Waals surface area contributed by atoms with Crippen molar-refractivity contribution < 1.29 is 4.39 Å². The number of nitrogens with two attached hydrogens (primary N) is 2. The number of fused-ring (bicyclic) bond motifs is 1. The van der Waals surface area contributed by atoms with Gasteiger partial charge in [-0.15, -0.1) is 0 Å². The van der Waals surface area contributed by atoms with Crippen molar-refractivity contribution in [3.8, 4) is 16.9 Å². The molecule has 0 saturated heterocycles. The van der Waals surface area contributed by atoms with E-state index in [4.69, 9.17) is 28.5 Å². The van der Waals surface area contributed by atoms with Crippen LogP contribution in [0.15, 0.2) is 53.5 Å². The lowest BCUT2D eigenvalue weighted by Gasteiger charge is -2.18. The minimum atomic E-state index is -0.521. The Morgan fingerprint density at radius 3 is 2.59 bits per heavy atom. The number of hydrogen-bond donors (Lipinski definition) is 6. The number of H-pyrrole nitrogens is 1. The van der Waals surface area contributed by atoms with E-state index in [1.165, 1.54) is 4.57 Å². The zero-order valence-corrected chi connectivity index (χ0v) is 24.4. The van der Waals surface area contributed by atoms with Gasteiger partial charge in [0.15, 0.2) is 11.8 Å². The van der Waals surface area contributed by atoms with E-state index in [2.05, 4.69) is 27.5 Å². The lowest BCUT2D eigenvalue weighted by atomic mass is 10.0. The van der Waals surface area contributed by atoms with Crippen LogP contribution in [-0.4, -0.2) is 39.1 Å². The summed E-state index contributed by atoms with van der Waals surface area (Å²) < 4.78 is 16.5. The molecule has 0 spiro atoms. The van der Waals surface area contributed by atoms with Crippen LogP contribution in [-0.2, 0) is 6.42 Å². The molecule has 2 heterocycles. The second kappa shape index (κ2) is 13.3. The molecule has 41 heavy (non-hydrogen) atoms. The van der Waals surface area contributed by atoms with Gasteiger partial charge in [-0.2, -0.15) is 4.98 Å². The average molecular weight is 581 g/mol. The van der Waals surface area contributed by atoms with Gasteiger partial charge in [0.2, 0.25) is 0 Å². The quantitative estimate of drug-likeness (QED) is 0.105. The van der Waals surface area contributed by atoms with Crippen LogP contribution in [0.4, 0.5) is 4.39 Å². The zero-order valence-electron chi connectivity index (χ0n) is 23.6. The summed E-state index contributed by atoms with van der Waals surface area (Å²) in [5.41, 5.74) is 14.7. The molecule has 4 rings (SSSR count). The highest BCUT2D eigenvalue weighted by atomic mass is 35.5. The Bertz CT molecular complexity index is 1560. The average Bonchev–Trinajstić information content (AvgIpc) is 3.32. The predicted molar refractivity (Wildman–Crippen MR) is 164 cm³/mol. The fourth-order valence-corrected chi connectivity index (χ4v) is 5.08. The highest BCUT2D eigenvalue weighted by molar-refractivity contribution is 6.31. The van der Waals surface area contributed by atoms with E-state index < -0.39 is 11.5 Å². The molecular weight excluding hydrogens is 543 g/mol. The van der Waals surface area contributed by atoms with E-state index in [1.807, 2.05) is 38.1 Å². The molecule has 2 aromatic heterocycles. The summed E-state index contributed by atoms with van der Waals surface area (Å²) >= 11 is 6.23. The van der Waals surface area contributed by atoms with Crippen LogP contribution in [0, 0.1) is 11.2 Å². The van der Waals surface area contributed by atoms with Crippen LogP contribution in [0.25, 0.3) is 28.0 Å². The molecule has 0 radical (unpaired) electrons. The number of aromatic amines is 1. The largest absolute Gasteiger partial charge is 0.370 e. The van der Waals surface area contributed by atoms with Gasteiger partial charge in [-0.05, 0) is 94.5 Å². The van der Waals surface area contributed by atoms with E-state index in [-0.39, 0.29) is 29.1 Å². The van der Waals surface area contributed by atoms with Gasteiger partial charge >= 0.3 is 5.69 Å². The zero-order chi connectivity index (χ0) is 29.7. The fraction of sp³-hybridized carbons (Fsp3) is 0.367. The molecule has 2 aromatic carbocycles. The van der Waals surface area contributed by atoms with Gasteiger partial charge in [0.1, 0.15) is 5.65 Å². The standard InChI is InChI=1S/C30H38ClFN8O/c1-17(33)5-4-6-20-13-24(27(32)25(31)14-20)26-15-22-16-40(30(41)39-28(22)38-26)23-9-7-21(8-10-23)19(3)36-12-11-18(2)37-29(34)35/h7-10,13-19,36H,4-6,11-12,33H2,1-3H3,(H4,34,35,37)(H,38,39,41)/t17-,18+,19-/m0/s1. The third-order valence-electron chi connectivity index (χ3n) is 7.11. The summed E-state index contributed by atoms with van der Waals surface area (Å²) in [6, 6.07) is 13.2. The van der Waals surface area contributed by atoms with Crippen molar-refractivity contribution in [1.82, 2.24) is 25.2 Å². The number of hydrogen-bond acceptors (Lipinski definition) is 5. The van der Waals surface area contributed by atoms with Gasteiger partial charge < -0.3 is 27.1 Å². The molecule has 8 N–H and O–H groups in total. The molecule has 0 amide bonds. The van der Waals surface area contributed by atoms with Crippen LogP contribution >= 0.6 is 11.6 Å². The lowest BCUT2D eigenvalue weighted by molar-refractivity contribution is 0.510. The predicted octanol–water partition coefficient (Wildman–Crippen LogP) is 4.76. The number of guanidine groups is 1. The number of aryl methyl sites for hydroxylation is 1. The summed E-state index contributed by atoms with van der Waals surface area (Å²) in [7, 11) is 0. The molecule has 11 heteroatoms. The Kier molecular flexibility index (Phi) is 9.80. The van der Waals surface area contributed by atoms with Crippen molar-refractivity contribution in [3.63, 3.8) is 0 Å². The van der Waals surface area contributed by atoms with Crippen LogP contribution in [0.1, 0.15) is 57.2 Å². The molecule has 9 nitrogen and oxygen atoms in total. The number of halogens is 2. The highest BCUT2D eigenvalue weighted by Gasteiger charge is 2.16. The molecule has 0 bridgehead atoms. The fourth-order valence-electron chi connectivity index (χ4n) is 4.83. The Hall–Kier alpha value is -3.73. The topological polar surface area (TPSA) is 151 Å². The van der Waals surface area contributed by atoms with Gasteiger partial charge in [-0.25, -0.2) is 9.18 Å². The van der Waals surface area contributed by atoms with Crippen molar-refractivity contribution in [2.45, 2.75) is 64.6 Å². The summed E-state index contributed by atoms with van der Waals surface area (Å²) in [6.45, 7) is 6.76. The van der Waals surface area contributed by atoms with E-state index in [9.17, 15) is 4.79 Å². The second-order valence-electron chi connectivity index (χ2n) is 10.7. The second-order valence-corrected chi connectivity index (χ2v) is 11.1. The van der Waals surface area contributed by atoms with Crippen LogP contribution < -0.4 is 27.8 Å². The number of benzene rings is 2. The third kappa shape index (κ3) is 7.72. The molecule has 0 aliphatic heterocycles. The monoisotopic (exact) mass is 580 g/mol. The Balaban J connectivity index is 1.52. The number of nitrogens with one attached hydrogen (secondary N) is 4. The maximum atomic E-state index is 15.1. The highest BCUT2D eigenvalue weighted by Crippen LogP contribution is 2.31. The van der Waals surface area contributed by atoms with Gasteiger partial charge in [-0.3, -0.25) is 9.98 Å². The minimum absolute atomic E-state index is 0.0329. The first-order chi connectivity index (χ1) is 19.5. The van der Waals surface area contributed by atoms with Crippen LogP contribution in [0.2, 0.25) is 5.02 Å². The summed E-state index contributed by atoms with van der Waals surface area (Å²) in [6.07, 6.45) is 4.99. The number of aromatic nitrogens is 3. The SMILES string of the molecule is C[C@H](N)CCCc1cc(Cl)c(F)c(-c2cc3cn(-c4ccc([C@H](C)NCC[C@@H](C)NC(=N)N)cc4)c(=O)nc3[nH]2)c1. The molecule has 0 saturated carbocycles. The Morgan fingerprint density at radius 1 is 1.17 bits per heavy atom. The van der Waals surface area contributed by atoms with E-state index >= 15 is 4.39 Å². The van der Waals surface area contributed by atoms with E-state index in [0.717, 1.165) is 43.4 Å². The first-order valence-corrected chi connectivity index (χ1v) is 14.2. The molecule has 0 aliphatic rings. The summed E-state index contributed by atoms with van der Waals surface area (Å²) in [5.74, 6) is -0.554. The third-order valence-corrected chi connectivity index (χ3v) is 7.39. The van der Waals surface area contributed by atoms with Crippen molar-refractivity contribution in [3.05, 3.63) is 81.1 Å². The molecule has 218 valence electrons. The lowest BCUT2D eigenvalue weighted by Crippen LogP contribution is -2.39. The number of nitrogens with zero attached hydrogens (tertiary/aromatic N) is 2. The van der Waals surface area contributed by atoms with Crippen molar-refractivity contribution in [1.29, 1.82) is 5.41 Å². The first kappa shape index (κ1) is 30.2. The van der Waals surface area contributed by atoms with Gasteiger partial charge in [0, 0.05) is 35.3 Å². The summed E-state index contributed by atoms with van der Waals surface area (Å²) in [5, 5.41) is 14.4. The van der Waals surface area contributed by atoms with E-state index in [0.29, 0.717) is 28.0 Å². The minimum Gasteiger partial charge on any atom is -0.370 e. The molecule has 4 aromatic rings. The first-order valence-electron chi connectivity index (χ1n) is 13.8. The van der Waals surface area contributed by atoms with Crippen molar-refractivity contribution >= 4 is 28.6 Å². The smallest absolute Gasteiger partial charge is 0.354 e. The maximum Gasteiger partial charge on any atom is 0.354 e. The van der Waals surface area contributed by atoms with Crippen molar-refractivity contribution in [2.24, 2.45) is 11.5 Å². The Morgan fingerprint density at radius 2 is 1.90 bits per heavy atom. The Labute approximate surface area is 244 Å². The summed E-state index contributed by atoms with van der Waals surface area (Å²) in [4.78, 5) is 20.2. The molecule has 0 aliphatic carbocycles. The van der Waals surface area contributed by atoms with Crippen molar-refractivity contribution in [2.75, 3.05) is 6.54 Å². The maximum absolute atomic E-state index is 15.1.